The Bertz CT molecular complexity index is 949. The Morgan fingerprint density at radius 1 is 1.03 bits per heavy atom. The Balaban J connectivity index is 0.00000341. The van der Waals surface area contributed by atoms with Gasteiger partial charge in [-0.05, 0) is 37.6 Å². The highest BCUT2D eigenvalue weighted by molar-refractivity contribution is 14.0. The van der Waals surface area contributed by atoms with Crippen molar-refractivity contribution in [3.8, 4) is 11.4 Å². The molecule has 0 aliphatic rings. The zero-order valence-corrected chi connectivity index (χ0v) is 21.0. The first-order valence-corrected chi connectivity index (χ1v) is 10.6. The van der Waals surface area contributed by atoms with Gasteiger partial charge in [0.15, 0.2) is 5.96 Å². The molecule has 8 nitrogen and oxygen atoms in total. The van der Waals surface area contributed by atoms with Gasteiger partial charge in [0.05, 0.1) is 12.2 Å². The van der Waals surface area contributed by atoms with Crippen molar-refractivity contribution in [2.24, 2.45) is 4.99 Å². The van der Waals surface area contributed by atoms with Crippen LogP contribution in [-0.4, -0.2) is 34.3 Å². The quantitative estimate of drug-likeness (QED) is 0.228. The van der Waals surface area contributed by atoms with Crippen LogP contribution in [0.15, 0.2) is 38.3 Å². The summed E-state index contributed by atoms with van der Waals surface area (Å²) >= 11 is 5.92. The fourth-order valence-corrected chi connectivity index (χ4v) is 3.10. The maximum Gasteiger partial charge on any atom is 0.228 e. The van der Waals surface area contributed by atoms with Crippen LogP contribution in [0.2, 0.25) is 5.02 Å². The van der Waals surface area contributed by atoms with Gasteiger partial charge in [-0.3, -0.25) is 0 Å². The Morgan fingerprint density at radius 3 is 2.48 bits per heavy atom. The second kappa shape index (κ2) is 12.7. The SMILES string of the molecule is CCNC(=NCc1c(CC)noc1CC)NCCc1nc(-c2ccc(Cl)cc2)no1.I. The van der Waals surface area contributed by atoms with Crippen LogP contribution < -0.4 is 10.6 Å². The molecule has 0 fully saturated rings. The van der Waals surface area contributed by atoms with Crippen LogP contribution in [0.3, 0.4) is 0 Å². The second-order valence-electron chi connectivity index (χ2n) is 6.63. The summed E-state index contributed by atoms with van der Waals surface area (Å²) in [5, 5.41) is 15.4. The fraction of sp³-hybridized carbons (Fsp3) is 0.429. The standard InChI is InChI=1S/C21H27ClN6O2.HI/c1-4-17-16(18(5-2)29-27-17)13-25-21(23-6-3)24-12-11-19-26-20(28-30-19)14-7-9-15(22)10-8-14;/h7-10H,4-6,11-13H2,1-3H3,(H2,23,24,25);1H. The zero-order chi connectivity index (χ0) is 21.3. The van der Waals surface area contributed by atoms with Crippen LogP contribution >= 0.6 is 35.6 Å². The van der Waals surface area contributed by atoms with Crippen LogP contribution in [-0.2, 0) is 25.8 Å². The lowest BCUT2D eigenvalue weighted by atomic mass is 10.1. The molecule has 2 heterocycles. The number of hydrogen-bond donors (Lipinski definition) is 2. The molecule has 31 heavy (non-hydrogen) atoms. The zero-order valence-electron chi connectivity index (χ0n) is 17.9. The number of guanidine groups is 1. The Hall–Kier alpha value is -2.14. The van der Waals surface area contributed by atoms with E-state index >= 15 is 0 Å². The number of benzene rings is 1. The minimum Gasteiger partial charge on any atom is -0.361 e. The molecule has 0 atom stereocenters. The average Bonchev–Trinajstić information content (AvgIpc) is 3.39. The van der Waals surface area contributed by atoms with Gasteiger partial charge in [0.25, 0.3) is 0 Å². The van der Waals surface area contributed by atoms with Crippen LogP contribution in [0.25, 0.3) is 11.4 Å². The maximum atomic E-state index is 5.92. The van der Waals surface area contributed by atoms with Crippen LogP contribution in [0.4, 0.5) is 0 Å². The summed E-state index contributed by atoms with van der Waals surface area (Å²) in [6, 6.07) is 7.34. The number of aromatic nitrogens is 3. The molecule has 3 rings (SSSR count). The van der Waals surface area contributed by atoms with Crippen LogP contribution in [0.1, 0.15) is 43.7 Å². The van der Waals surface area contributed by atoms with Gasteiger partial charge in [-0.1, -0.05) is 35.8 Å². The largest absolute Gasteiger partial charge is 0.361 e. The molecule has 0 saturated heterocycles. The van der Waals surface area contributed by atoms with Gasteiger partial charge in [-0.15, -0.1) is 24.0 Å². The summed E-state index contributed by atoms with van der Waals surface area (Å²) in [5.41, 5.74) is 2.90. The molecule has 0 spiro atoms. The smallest absolute Gasteiger partial charge is 0.228 e. The molecule has 2 N–H and O–H groups in total. The van der Waals surface area contributed by atoms with Gasteiger partial charge in [-0.2, -0.15) is 4.98 Å². The van der Waals surface area contributed by atoms with E-state index in [1.54, 1.807) is 12.1 Å². The lowest BCUT2D eigenvalue weighted by Crippen LogP contribution is -2.38. The fourth-order valence-electron chi connectivity index (χ4n) is 2.98. The third-order valence-electron chi connectivity index (χ3n) is 4.55. The second-order valence-corrected chi connectivity index (χ2v) is 7.07. The summed E-state index contributed by atoms with van der Waals surface area (Å²) in [6.07, 6.45) is 2.21. The highest BCUT2D eigenvalue weighted by Gasteiger charge is 2.13. The molecule has 168 valence electrons. The van der Waals surface area contributed by atoms with E-state index in [-0.39, 0.29) is 24.0 Å². The topological polar surface area (TPSA) is 101 Å². The highest BCUT2D eigenvalue weighted by atomic mass is 127. The monoisotopic (exact) mass is 558 g/mol. The van der Waals surface area contributed by atoms with Crippen molar-refractivity contribution in [2.75, 3.05) is 13.1 Å². The Morgan fingerprint density at radius 2 is 1.81 bits per heavy atom. The molecule has 0 aliphatic carbocycles. The predicted octanol–water partition coefficient (Wildman–Crippen LogP) is 4.42. The Kier molecular flexibility index (Phi) is 10.3. The summed E-state index contributed by atoms with van der Waals surface area (Å²) in [7, 11) is 0. The average molecular weight is 559 g/mol. The van der Waals surface area contributed by atoms with Crippen molar-refractivity contribution >= 4 is 41.5 Å². The molecule has 0 aliphatic heterocycles. The van der Waals surface area contributed by atoms with E-state index in [1.807, 2.05) is 19.1 Å². The first-order valence-electron chi connectivity index (χ1n) is 10.2. The van der Waals surface area contributed by atoms with Crippen molar-refractivity contribution in [1.29, 1.82) is 0 Å². The van der Waals surface area contributed by atoms with E-state index < -0.39 is 0 Å². The van der Waals surface area contributed by atoms with Gasteiger partial charge >= 0.3 is 0 Å². The normalized spacial score (nSPS) is 11.3. The number of nitrogens with zero attached hydrogens (tertiary/aromatic N) is 4. The third-order valence-corrected chi connectivity index (χ3v) is 4.80. The van der Waals surface area contributed by atoms with Gasteiger partial charge in [0.1, 0.15) is 5.76 Å². The summed E-state index contributed by atoms with van der Waals surface area (Å²) in [6.45, 7) is 8.04. The van der Waals surface area contributed by atoms with Crippen molar-refractivity contribution in [2.45, 2.75) is 46.6 Å². The minimum atomic E-state index is 0. The third kappa shape index (κ3) is 6.93. The van der Waals surface area contributed by atoms with E-state index in [4.69, 9.17) is 20.6 Å². The number of halogens is 2. The molecule has 10 heteroatoms. The molecule has 0 unspecified atom stereocenters. The molecule has 3 aromatic rings. The highest BCUT2D eigenvalue weighted by Crippen LogP contribution is 2.19. The lowest BCUT2D eigenvalue weighted by molar-refractivity contribution is 0.378. The van der Waals surface area contributed by atoms with Gasteiger partial charge < -0.3 is 19.7 Å². The van der Waals surface area contributed by atoms with E-state index in [9.17, 15) is 0 Å². The molecule has 1 aromatic carbocycles. The van der Waals surface area contributed by atoms with E-state index in [0.29, 0.717) is 36.2 Å². The molecule has 0 bridgehead atoms. The predicted molar refractivity (Wildman–Crippen MR) is 132 cm³/mol. The minimum absolute atomic E-state index is 0. The van der Waals surface area contributed by atoms with Gasteiger partial charge in [0.2, 0.25) is 11.7 Å². The van der Waals surface area contributed by atoms with E-state index in [1.165, 1.54) is 0 Å². The number of nitrogens with one attached hydrogen (secondary N) is 2. The number of hydrogen-bond acceptors (Lipinski definition) is 6. The van der Waals surface area contributed by atoms with Gasteiger partial charge in [0, 0.05) is 42.1 Å². The number of aryl methyl sites for hydroxylation is 2. The molecule has 2 aromatic heterocycles. The number of aliphatic imine (C=N–C) groups is 1. The number of rotatable bonds is 9. The molecule has 0 amide bonds. The molecule has 0 saturated carbocycles. The van der Waals surface area contributed by atoms with E-state index in [0.717, 1.165) is 47.9 Å². The van der Waals surface area contributed by atoms with E-state index in [2.05, 4.69) is 44.8 Å². The first kappa shape index (κ1) is 25.1. The van der Waals surface area contributed by atoms with Crippen molar-refractivity contribution < 1.29 is 9.05 Å². The summed E-state index contributed by atoms with van der Waals surface area (Å²) in [4.78, 5) is 9.12. The Labute approximate surface area is 204 Å². The molecule has 0 radical (unpaired) electrons. The van der Waals surface area contributed by atoms with Crippen molar-refractivity contribution in [3.63, 3.8) is 0 Å². The van der Waals surface area contributed by atoms with Crippen molar-refractivity contribution in [1.82, 2.24) is 25.9 Å². The summed E-state index contributed by atoms with van der Waals surface area (Å²) < 4.78 is 10.8. The van der Waals surface area contributed by atoms with Crippen molar-refractivity contribution in [3.05, 3.63) is 52.2 Å². The van der Waals surface area contributed by atoms with Crippen LogP contribution in [0.5, 0.6) is 0 Å². The molecular formula is C21H28ClIN6O2. The van der Waals surface area contributed by atoms with Gasteiger partial charge in [-0.25, -0.2) is 4.99 Å². The van der Waals surface area contributed by atoms with Crippen LogP contribution in [0, 0.1) is 0 Å². The molecular weight excluding hydrogens is 531 g/mol. The maximum absolute atomic E-state index is 5.92. The summed E-state index contributed by atoms with van der Waals surface area (Å²) in [5.74, 6) is 2.73. The first-order chi connectivity index (χ1) is 14.6. The lowest BCUT2D eigenvalue weighted by Gasteiger charge is -2.10.